The highest BCUT2D eigenvalue weighted by Crippen LogP contribution is 2.12. The lowest BCUT2D eigenvalue weighted by molar-refractivity contribution is 0.289. The monoisotopic (exact) mass is 239 g/mol. The maximum Gasteiger partial charge on any atom is 0.185 e. The van der Waals surface area contributed by atoms with Crippen LogP contribution < -0.4 is 16.2 Å². The Labute approximate surface area is 100 Å². The summed E-state index contributed by atoms with van der Waals surface area (Å²) in [5.74, 6) is 0.861. The molecule has 5 heteroatoms. The van der Waals surface area contributed by atoms with E-state index in [1.807, 2.05) is 24.3 Å². The molecule has 0 aromatic heterocycles. The van der Waals surface area contributed by atoms with Gasteiger partial charge in [-0.25, -0.2) is 0 Å². The summed E-state index contributed by atoms with van der Waals surface area (Å²) in [5.41, 5.74) is 11.6. The molecule has 17 heavy (non-hydrogen) atoms. The average molecular weight is 239 g/mol. The van der Waals surface area contributed by atoms with E-state index in [1.165, 1.54) is 0 Å². The molecule has 4 N–H and O–H groups in total. The Bertz CT molecular complexity index is 347. The second kappa shape index (κ2) is 7.49. The normalized spacial score (nSPS) is 9.94. The molecule has 1 aromatic carbocycles. The fourth-order valence-electron chi connectivity index (χ4n) is 1.31. The fourth-order valence-corrected chi connectivity index (χ4v) is 1.31. The molecule has 0 spiro atoms. The van der Waals surface area contributed by atoms with Gasteiger partial charge in [0, 0.05) is 13.0 Å². The van der Waals surface area contributed by atoms with Gasteiger partial charge in [0.15, 0.2) is 5.96 Å². The summed E-state index contributed by atoms with van der Waals surface area (Å²) in [5, 5.41) is 0. The number of guanidine groups is 1. The summed E-state index contributed by atoms with van der Waals surface area (Å²) in [7, 11) is 0. The number of ether oxygens (including phenoxy) is 1. The van der Waals surface area contributed by atoms with E-state index < -0.39 is 0 Å². The zero-order chi connectivity index (χ0) is 12.5. The highest BCUT2D eigenvalue weighted by molar-refractivity contribution is 5.75. The number of halogens is 1. The van der Waals surface area contributed by atoms with E-state index in [-0.39, 0.29) is 12.6 Å². The maximum atomic E-state index is 11.9. The molecule has 1 rings (SSSR count). The number of rotatable bonds is 7. The van der Waals surface area contributed by atoms with Crippen molar-refractivity contribution in [3.63, 3.8) is 0 Å². The third-order valence-corrected chi connectivity index (χ3v) is 2.16. The second-order valence-corrected chi connectivity index (χ2v) is 3.59. The lowest BCUT2D eigenvalue weighted by atomic mass is 10.1. The average Bonchev–Trinajstić information content (AvgIpc) is 2.31. The molecule has 1 aromatic rings. The van der Waals surface area contributed by atoms with Gasteiger partial charge in [-0.2, -0.15) is 0 Å². The zero-order valence-corrected chi connectivity index (χ0v) is 9.73. The molecule has 0 heterocycles. The first-order chi connectivity index (χ1) is 8.22. The fraction of sp³-hybridized carbons (Fsp3) is 0.417. The molecule has 0 saturated heterocycles. The molecular weight excluding hydrogens is 221 g/mol. The van der Waals surface area contributed by atoms with Crippen LogP contribution in [-0.4, -0.2) is 25.8 Å². The van der Waals surface area contributed by atoms with Crippen molar-refractivity contribution in [2.45, 2.75) is 12.8 Å². The molecule has 0 bridgehead atoms. The summed E-state index contributed by atoms with van der Waals surface area (Å²) in [4.78, 5) is 3.90. The molecule has 0 aliphatic heterocycles. The highest BCUT2D eigenvalue weighted by Gasteiger charge is 1.96. The van der Waals surface area contributed by atoms with Crippen LogP contribution in [0.25, 0.3) is 0 Å². The topological polar surface area (TPSA) is 73.6 Å². The van der Waals surface area contributed by atoms with Crippen molar-refractivity contribution >= 4 is 5.96 Å². The van der Waals surface area contributed by atoms with Crippen LogP contribution in [0.3, 0.4) is 0 Å². The van der Waals surface area contributed by atoms with Crippen molar-refractivity contribution in [3.05, 3.63) is 29.8 Å². The minimum absolute atomic E-state index is 0.108. The Kier molecular flexibility index (Phi) is 5.85. The van der Waals surface area contributed by atoms with Gasteiger partial charge in [0.25, 0.3) is 0 Å². The van der Waals surface area contributed by atoms with Crippen LogP contribution in [-0.2, 0) is 6.42 Å². The molecule has 0 fully saturated rings. The van der Waals surface area contributed by atoms with Gasteiger partial charge in [-0.15, -0.1) is 0 Å². The molecule has 4 nitrogen and oxygen atoms in total. The third-order valence-electron chi connectivity index (χ3n) is 2.16. The molecular formula is C12H18FN3O. The van der Waals surface area contributed by atoms with Gasteiger partial charge in [-0.05, 0) is 24.1 Å². The van der Waals surface area contributed by atoms with Gasteiger partial charge < -0.3 is 16.2 Å². The number of nitrogens with two attached hydrogens (primary N) is 2. The molecule has 94 valence electrons. The Hall–Kier alpha value is -1.78. The summed E-state index contributed by atoms with van der Waals surface area (Å²) in [6.07, 6.45) is 1.20. The lowest BCUT2D eigenvalue weighted by Gasteiger charge is -2.05. The maximum absolute atomic E-state index is 11.9. The number of alkyl halides is 1. The van der Waals surface area contributed by atoms with E-state index in [0.717, 1.165) is 17.7 Å². The first-order valence-electron chi connectivity index (χ1n) is 5.55. The van der Waals surface area contributed by atoms with Gasteiger partial charge in [0.2, 0.25) is 0 Å². The van der Waals surface area contributed by atoms with Crippen LogP contribution in [0.4, 0.5) is 4.39 Å². The summed E-state index contributed by atoms with van der Waals surface area (Å²) < 4.78 is 17.2. The Morgan fingerprint density at radius 2 is 1.94 bits per heavy atom. The van der Waals surface area contributed by atoms with E-state index in [2.05, 4.69) is 4.99 Å². The van der Waals surface area contributed by atoms with Crippen LogP contribution in [0.5, 0.6) is 5.75 Å². The number of hydrogen-bond donors (Lipinski definition) is 2. The largest absolute Gasteiger partial charge is 0.494 e. The summed E-state index contributed by atoms with van der Waals surface area (Å²) in [6.45, 7) is 0.630. The number of hydrogen-bond acceptors (Lipinski definition) is 2. The standard InChI is InChI=1S/C12H18FN3O/c13-7-1-9-17-11-4-2-10(3-5-11)6-8-16-12(14)15/h2-5H,1,6-9H2,(H4,14,15,16). The van der Waals surface area contributed by atoms with Gasteiger partial charge in [-0.3, -0.25) is 9.38 Å². The molecule has 0 amide bonds. The van der Waals surface area contributed by atoms with Crippen LogP contribution in [0.1, 0.15) is 12.0 Å². The van der Waals surface area contributed by atoms with Crippen LogP contribution in [0.15, 0.2) is 29.3 Å². The Balaban J connectivity index is 2.36. The quantitative estimate of drug-likeness (QED) is 0.427. The van der Waals surface area contributed by atoms with Crippen LogP contribution in [0.2, 0.25) is 0 Å². The molecule has 0 unspecified atom stereocenters. The predicted molar refractivity (Wildman–Crippen MR) is 66.9 cm³/mol. The van der Waals surface area contributed by atoms with Crippen molar-refractivity contribution < 1.29 is 9.13 Å². The number of benzene rings is 1. The molecule has 0 atom stereocenters. The van der Waals surface area contributed by atoms with Crippen molar-refractivity contribution in [3.8, 4) is 5.75 Å². The van der Waals surface area contributed by atoms with Gasteiger partial charge in [0.1, 0.15) is 5.75 Å². The first-order valence-corrected chi connectivity index (χ1v) is 5.55. The molecule has 0 aliphatic carbocycles. The smallest absolute Gasteiger partial charge is 0.185 e. The minimum Gasteiger partial charge on any atom is -0.494 e. The van der Waals surface area contributed by atoms with Gasteiger partial charge >= 0.3 is 0 Å². The Morgan fingerprint density at radius 3 is 2.53 bits per heavy atom. The van der Waals surface area contributed by atoms with Crippen LogP contribution in [0, 0.1) is 0 Å². The van der Waals surface area contributed by atoms with Gasteiger partial charge in [0.05, 0.1) is 13.3 Å². The molecule has 0 aliphatic rings. The molecule has 0 radical (unpaired) electrons. The molecule has 0 saturated carbocycles. The Morgan fingerprint density at radius 1 is 1.24 bits per heavy atom. The SMILES string of the molecule is NC(N)=NCCc1ccc(OCCCF)cc1. The van der Waals surface area contributed by atoms with E-state index in [9.17, 15) is 4.39 Å². The summed E-state index contributed by atoms with van der Waals surface area (Å²) in [6, 6.07) is 7.63. The third kappa shape index (κ3) is 5.75. The van der Waals surface area contributed by atoms with Crippen molar-refractivity contribution in [1.82, 2.24) is 0 Å². The van der Waals surface area contributed by atoms with Crippen LogP contribution >= 0.6 is 0 Å². The van der Waals surface area contributed by atoms with Crippen molar-refractivity contribution in [2.24, 2.45) is 16.5 Å². The van der Waals surface area contributed by atoms with Crippen molar-refractivity contribution in [2.75, 3.05) is 19.8 Å². The number of nitrogens with zero attached hydrogens (tertiary/aromatic N) is 1. The van der Waals surface area contributed by atoms with Gasteiger partial charge in [-0.1, -0.05) is 12.1 Å². The lowest BCUT2D eigenvalue weighted by Crippen LogP contribution is -2.23. The highest BCUT2D eigenvalue weighted by atomic mass is 19.1. The van der Waals surface area contributed by atoms with E-state index in [4.69, 9.17) is 16.2 Å². The number of aliphatic imine (C=N–C) groups is 1. The van der Waals surface area contributed by atoms with E-state index >= 15 is 0 Å². The predicted octanol–water partition coefficient (Wildman–Crippen LogP) is 1.24. The zero-order valence-electron chi connectivity index (χ0n) is 9.73. The summed E-state index contributed by atoms with van der Waals surface area (Å²) >= 11 is 0. The van der Waals surface area contributed by atoms with E-state index in [1.54, 1.807) is 0 Å². The van der Waals surface area contributed by atoms with E-state index in [0.29, 0.717) is 19.6 Å². The second-order valence-electron chi connectivity index (χ2n) is 3.59. The minimum atomic E-state index is -0.351. The van der Waals surface area contributed by atoms with Crippen molar-refractivity contribution in [1.29, 1.82) is 0 Å². The first kappa shape index (κ1) is 13.3.